The normalized spacial score (nSPS) is 11.8. The average molecular weight is 313 g/mol. The molecule has 0 aliphatic heterocycles. The van der Waals surface area contributed by atoms with Crippen molar-refractivity contribution in [1.29, 1.82) is 0 Å². The molecule has 2 rings (SSSR count). The smallest absolute Gasteiger partial charge is 0.279 e. The van der Waals surface area contributed by atoms with Crippen LogP contribution in [0.25, 0.3) is 0 Å². The summed E-state index contributed by atoms with van der Waals surface area (Å²) < 4.78 is 5.26. The van der Waals surface area contributed by atoms with Gasteiger partial charge in [0.15, 0.2) is 6.54 Å². The monoisotopic (exact) mass is 313 g/mol. The number of anilines is 1. The first-order chi connectivity index (χ1) is 11.1. The van der Waals surface area contributed by atoms with Crippen molar-refractivity contribution in [2.75, 3.05) is 25.5 Å². The van der Waals surface area contributed by atoms with E-state index in [-0.39, 0.29) is 5.91 Å². The Bertz CT molecular complexity index is 638. The largest absolute Gasteiger partial charge is 0.495 e. The second-order valence-corrected chi connectivity index (χ2v) is 5.69. The van der Waals surface area contributed by atoms with Gasteiger partial charge in [-0.2, -0.15) is 0 Å². The van der Waals surface area contributed by atoms with Gasteiger partial charge in [0.25, 0.3) is 5.91 Å². The van der Waals surface area contributed by atoms with Gasteiger partial charge in [0.2, 0.25) is 0 Å². The molecule has 0 saturated heterocycles. The average Bonchev–Trinajstić information content (AvgIpc) is 2.56. The summed E-state index contributed by atoms with van der Waals surface area (Å²) >= 11 is 0. The number of rotatable bonds is 7. The number of carbonyl (C=O) groups excluding carboxylic acids is 1. The van der Waals surface area contributed by atoms with Gasteiger partial charge in [-0.05, 0) is 26.0 Å². The maximum absolute atomic E-state index is 12.3. The lowest BCUT2D eigenvalue weighted by Gasteiger charge is -2.18. The number of nitrogens with one attached hydrogen (secondary N) is 2. The first-order valence-corrected chi connectivity index (χ1v) is 7.94. The number of para-hydroxylation sites is 2. The maximum atomic E-state index is 12.3. The van der Waals surface area contributed by atoms with Crippen molar-refractivity contribution < 1.29 is 14.4 Å². The zero-order chi connectivity index (χ0) is 16.7. The SMILES string of the molecule is CC[NH+](CC(=O)Nc1ccccc1OC)Cc1ccc(C)cc1. The van der Waals surface area contributed by atoms with Gasteiger partial charge in [-0.25, -0.2) is 0 Å². The minimum Gasteiger partial charge on any atom is -0.495 e. The number of quaternary nitrogens is 1. The van der Waals surface area contributed by atoms with Crippen molar-refractivity contribution in [1.82, 2.24) is 0 Å². The molecule has 2 aromatic carbocycles. The fourth-order valence-electron chi connectivity index (χ4n) is 2.48. The predicted octanol–water partition coefficient (Wildman–Crippen LogP) is 2.05. The summed E-state index contributed by atoms with van der Waals surface area (Å²) in [6, 6.07) is 15.9. The lowest BCUT2D eigenvalue weighted by atomic mass is 10.1. The van der Waals surface area contributed by atoms with Crippen LogP contribution in [0.5, 0.6) is 5.75 Å². The molecule has 4 nitrogen and oxygen atoms in total. The summed E-state index contributed by atoms with van der Waals surface area (Å²) in [7, 11) is 1.60. The highest BCUT2D eigenvalue weighted by Gasteiger charge is 2.14. The minimum absolute atomic E-state index is 0.00142. The first-order valence-electron chi connectivity index (χ1n) is 7.94. The number of carbonyl (C=O) groups is 1. The molecule has 0 aliphatic rings. The fourth-order valence-corrected chi connectivity index (χ4v) is 2.48. The molecule has 0 saturated carbocycles. The van der Waals surface area contributed by atoms with Gasteiger partial charge in [0.1, 0.15) is 12.3 Å². The molecule has 2 N–H and O–H groups in total. The van der Waals surface area contributed by atoms with Gasteiger partial charge in [-0.15, -0.1) is 0 Å². The van der Waals surface area contributed by atoms with E-state index in [1.165, 1.54) is 16.0 Å². The number of aryl methyl sites for hydroxylation is 1. The third-order valence-electron chi connectivity index (χ3n) is 3.87. The lowest BCUT2D eigenvalue weighted by Crippen LogP contribution is -3.11. The fraction of sp³-hybridized carbons (Fsp3) is 0.316. The number of hydrogen-bond donors (Lipinski definition) is 2. The van der Waals surface area contributed by atoms with E-state index in [1.807, 2.05) is 24.3 Å². The maximum Gasteiger partial charge on any atom is 0.279 e. The van der Waals surface area contributed by atoms with Gasteiger partial charge in [-0.3, -0.25) is 4.79 Å². The molecule has 0 aromatic heterocycles. The van der Waals surface area contributed by atoms with Crippen LogP contribution in [-0.4, -0.2) is 26.1 Å². The molecule has 2 aromatic rings. The van der Waals surface area contributed by atoms with Crippen LogP contribution in [0.2, 0.25) is 0 Å². The molecule has 0 radical (unpaired) electrons. The molecule has 0 spiro atoms. The standard InChI is InChI=1S/C19H24N2O2/c1-4-21(13-16-11-9-15(2)10-12-16)14-19(22)20-17-7-5-6-8-18(17)23-3/h5-12H,4,13-14H2,1-3H3,(H,20,22)/p+1. The highest BCUT2D eigenvalue weighted by molar-refractivity contribution is 5.92. The molecular weight excluding hydrogens is 288 g/mol. The highest BCUT2D eigenvalue weighted by Crippen LogP contribution is 2.22. The van der Waals surface area contributed by atoms with Crippen molar-refractivity contribution in [2.45, 2.75) is 20.4 Å². The Labute approximate surface area is 138 Å². The highest BCUT2D eigenvalue weighted by atomic mass is 16.5. The van der Waals surface area contributed by atoms with E-state index >= 15 is 0 Å². The molecule has 4 heteroatoms. The van der Waals surface area contributed by atoms with Crippen LogP contribution in [0.1, 0.15) is 18.1 Å². The van der Waals surface area contributed by atoms with Crippen LogP contribution in [0.3, 0.4) is 0 Å². The lowest BCUT2D eigenvalue weighted by molar-refractivity contribution is -0.903. The van der Waals surface area contributed by atoms with Crippen LogP contribution in [0.4, 0.5) is 5.69 Å². The van der Waals surface area contributed by atoms with Gasteiger partial charge in [0.05, 0.1) is 19.3 Å². The Morgan fingerprint density at radius 1 is 1.13 bits per heavy atom. The quantitative estimate of drug-likeness (QED) is 0.821. The molecule has 0 fully saturated rings. The third-order valence-corrected chi connectivity index (χ3v) is 3.87. The van der Waals surface area contributed by atoms with E-state index in [0.29, 0.717) is 18.0 Å². The van der Waals surface area contributed by atoms with Crippen molar-refractivity contribution >= 4 is 11.6 Å². The van der Waals surface area contributed by atoms with Crippen molar-refractivity contribution in [3.05, 3.63) is 59.7 Å². The Kier molecular flexibility index (Phi) is 6.18. The molecule has 23 heavy (non-hydrogen) atoms. The second-order valence-electron chi connectivity index (χ2n) is 5.69. The number of likely N-dealkylation sites (N-methyl/N-ethyl adjacent to an activating group) is 1. The predicted molar refractivity (Wildman–Crippen MR) is 92.9 cm³/mol. The van der Waals surface area contributed by atoms with Crippen LogP contribution in [0, 0.1) is 6.92 Å². The van der Waals surface area contributed by atoms with E-state index < -0.39 is 0 Å². The van der Waals surface area contributed by atoms with Gasteiger partial charge in [0, 0.05) is 5.56 Å². The molecule has 0 bridgehead atoms. The van der Waals surface area contributed by atoms with Gasteiger partial charge >= 0.3 is 0 Å². The topological polar surface area (TPSA) is 42.8 Å². The number of benzene rings is 2. The zero-order valence-electron chi connectivity index (χ0n) is 14.1. The Balaban J connectivity index is 1.95. The van der Waals surface area contributed by atoms with Crippen LogP contribution >= 0.6 is 0 Å². The Morgan fingerprint density at radius 3 is 2.48 bits per heavy atom. The van der Waals surface area contributed by atoms with E-state index in [9.17, 15) is 4.79 Å². The molecule has 1 atom stereocenters. The molecule has 122 valence electrons. The van der Waals surface area contributed by atoms with Crippen molar-refractivity contribution in [3.63, 3.8) is 0 Å². The Morgan fingerprint density at radius 2 is 1.83 bits per heavy atom. The second kappa shape index (κ2) is 8.34. The number of hydrogen-bond acceptors (Lipinski definition) is 2. The molecular formula is C19H25N2O2+. The van der Waals surface area contributed by atoms with Crippen LogP contribution < -0.4 is 15.0 Å². The van der Waals surface area contributed by atoms with E-state index in [0.717, 1.165) is 13.1 Å². The molecule has 0 heterocycles. The van der Waals surface area contributed by atoms with Gasteiger partial charge in [-0.1, -0.05) is 42.0 Å². The van der Waals surface area contributed by atoms with Crippen LogP contribution in [0.15, 0.2) is 48.5 Å². The zero-order valence-corrected chi connectivity index (χ0v) is 14.1. The minimum atomic E-state index is -0.00142. The van der Waals surface area contributed by atoms with Crippen molar-refractivity contribution in [3.8, 4) is 5.75 Å². The summed E-state index contributed by atoms with van der Waals surface area (Å²) in [6.45, 7) is 6.35. The van der Waals surface area contributed by atoms with E-state index in [1.54, 1.807) is 7.11 Å². The summed E-state index contributed by atoms with van der Waals surface area (Å²) in [6.07, 6.45) is 0. The van der Waals surface area contributed by atoms with Gasteiger partial charge < -0.3 is 15.0 Å². The number of amides is 1. The van der Waals surface area contributed by atoms with E-state index in [4.69, 9.17) is 4.74 Å². The molecule has 1 amide bonds. The first kappa shape index (κ1) is 17.0. The number of methoxy groups -OCH3 is 1. The van der Waals surface area contributed by atoms with Crippen molar-refractivity contribution in [2.24, 2.45) is 0 Å². The molecule has 1 unspecified atom stereocenters. The third kappa shape index (κ3) is 5.11. The van der Waals surface area contributed by atoms with Crippen LogP contribution in [-0.2, 0) is 11.3 Å². The summed E-state index contributed by atoms with van der Waals surface area (Å²) in [5.41, 5.74) is 3.21. The summed E-state index contributed by atoms with van der Waals surface area (Å²) in [5.74, 6) is 0.677. The molecule has 0 aliphatic carbocycles. The summed E-state index contributed by atoms with van der Waals surface area (Å²) in [4.78, 5) is 13.5. The van der Waals surface area contributed by atoms with E-state index in [2.05, 4.69) is 43.4 Å². The number of ether oxygens (including phenoxy) is 1. The Hall–Kier alpha value is -2.33. The summed E-state index contributed by atoms with van der Waals surface area (Å²) in [5, 5.41) is 2.94.